The topological polar surface area (TPSA) is 75.6 Å². The predicted octanol–water partition coefficient (Wildman–Crippen LogP) is 3.08. The second-order valence-corrected chi connectivity index (χ2v) is 8.37. The first-order chi connectivity index (χ1) is 13.5. The van der Waals surface area contributed by atoms with Crippen molar-refractivity contribution in [1.82, 2.24) is 15.0 Å². The van der Waals surface area contributed by atoms with Crippen molar-refractivity contribution >= 4 is 29.1 Å². The highest BCUT2D eigenvalue weighted by Crippen LogP contribution is 2.36. The maximum atomic E-state index is 13.0. The molecule has 1 atom stereocenters. The van der Waals surface area contributed by atoms with Crippen LogP contribution in [0.3, 0.4) is 0 Å². The number of aryl methyl sites for hydroxylation is 1. The van der Waals surface area contributed by atoms with Crippen LogP contribution in [0.25, 0.3) is 0 Å². The van der Waals surface area contributed by atoms with Crippen molar-refractivity contribution in [2.75, 3.05) is 24.6 Å². The van der Waals surface area contributed by atoms with Crippen LogP contribution in [-0.2, 0) is 9.63 Å². The molecule has 0 aromatic carbocycles. The Bertz CT molecular complexity index is 882. The molecule has 4 rings (SSSR count). The van der Waals surface area contributed by atoms with Crippen molar-refractivity contribution in [1.29, 1.82) is 0 Å². The fourth-order valence-corrected chi connectivity index (χ4v) is 4.73. The van der Waals surface area contributed by atoms with Gasteiger partial charge in [-0.2, -0.15) is 4.39 Å². The molecule has 7 nitrogen and oxygen atoms in total. The molecule has 148 valence electrons. The van der Waals surface area contributed by atoms with Gasteiger partial charge >= 0.3 is 6.04 Å². The Hall–Kier alpha value is -2.39. The van der Waals surface area contributed by atoms with Crippen molar-refractivity contribution in [2.24, 2.45) is 5.92 Å². The monoisotopic (exact) mass is 404 g/mol. The first-order valence-electron chi connectivity index (χ1n) is 9.32. The van der Waals surface area contributed by atoms with Gasteiger partial charge in [0.1, 0.15) is 17.8 Å². The molecule has 2 aromatic rings. The molecule has 0 radical (unpaired) electrons. The molecule has 2 aliphatic heterocycles. The summed E-state index contributed by atoms with van der Waals surface area (Å²) >= 11 is 1.70. The Morgan fingerprint density at radius 2 is 2.00 bits per heavy atom. The summed E-state index contributed by atoms with van der Waals surface area (Å²) in [6.45, 7) is 3.81. The number of piperidine rings is 1. The van der Waals surface area contributed by atoms with Gasteiger partial charge in [0.2, 0.25) is 5.91 Å². The third-order valence-electron chi connectivity index (χ3n) is 5.23. The number of rotatable bonds is 4. The minimum absolute atomic E-state index is 0.00998. The molecule has 2 aliphatic rings. The smallest absolute Gasteiger partial charge is 0.350 e. The molecule has 0 N–H and O–H groups in total. The lowest BCUT2D eigenvalue weighted by Crippen LogP contribution is -2.42. The normalized spacial score (nSPS) is 20.6. The number of halogens is 1. The van der Waals surface area contributed by atoms with Crippen molar-refractivity contribution in [3.63, 3.8) is 0 Å². The van der Waals surface area contributed by atoms with Gasteiger partial charge in [0.25, 0.3) is 0 Å². The van der Waals surface area contributed by atoms with E-state index < -0.39 is 6.04 Å². The quantitative estimate of drug-likeness (QED) is 0.729. The maximum Gasteiger partial charge on any atom is 0.350 e. The Labute approximate surface area is 166 Å². The molecule has 9 heteroatoms. The molecular formula is C19H21FN4O3S. The second kappa shape index (κ2) is 7.92. The lowest BCUT2D eigenvalue weighted by atomic mass is 9.95. The van der Waals surface area contributed by atoms with E-state index in [1.807, 2.05) is 4.90 Å². The molecule has 2 aromatic heterocycles. The molecule has 0 unspecified atom stereocenters. The third-order valence-corrected chi connectivity index (χ3v) is 6.34. The van der Waals surface area contributed by atoms with Crippen LogP contribution < -0.4 is 4.90 Å². The Kier molecular flexibility index (Phi) is 5.36. The van der Waals surface area contributed by atoms with Gasteiger partial charge in [-0.1, -0.05) is 0 Å². The number of amides is 1. The van der Waals surface area contributed by atoms with Crippen LogP contribution in [-0.4, -0.2) is 46.7 Å². The molecule has 2 saturated heterocycles. The number of thiophene rings is 1. The number of carbonyl (C=O) groups is 2. The molecule has 0 aliphatic carbocycles. The SMILES string of the molecule is Cc1ccc([C@@H]2CCON2C(=O)C2CCN(c3cc(C(=O)F)ncn3)CC2)s1. The first-order valence-corrected chi connectivity index (χ1v) is 10.1. The molecule has 0 bridgehead atoms. The summed E-state index contributed by atoms with van der Waals surface area (Å²) in [7, 11) is 0. The van der Waals surface area contributed by atoms with E-state index in [0.29, 0.717) is 38.4 Å². The van der Waals surface area contributed by atoms with Crippen LogP contribution in [0.15, 0.2) is 24.5 Å². The summed E-state index contributed by atoms with van der Waals surface area (Å²) in [6, 6.07) is 3.90. The van der Waals surface area contributed by atoms with Crippen molar-refractivity contribution in [2.45, 2.75) is 32.2 Å². The number of hydroxylamine groups is 2. The van der Waals surface area contributed by atoms with Gasteiger partial charge in [-0.25, -0.2) is 15.0 Å². The summed E-state index contributed by atoms with van der Waals surface area (Å²) < 4.78 is 12.9. The van der Waals surface area contributed by atoms with Crippen molar-refractivity contribution < 1.29 is 18.8 Å². The molecule has 28 heavy (non-hydrogen) atoms. The summed E-state index contributed by atoms with van der Waals surface area (Å²) in [5, 5.41) is 1.57. The number of carbonyl (C=O) groups excluding carboxylic acids is 2. The average Bonchev–Trinajstić information content (AvgIpc) is 3.36. The number of nitrogens with zero attached hydrogens (tertiary/aromatic N) is 4. The van der Waals surface area contributed by atoms with E-state index in [-0.39, 0.29) is 23.6 Å². The van der Waals surface area contributed by atoms with Gasteiger partial charge in [0.15, 0.2) is 0 Å². The summed E-state index contributed by atoms with van der Waals surface area (Å²) in [5.41, 5.74) is -0.247. The van der Waals surface area contributed by atoms with Gasteiger partial charge in [0.05, 0.1) is 12.6 Å². The molecule has 1 amide bonds. The molecule has 2 fully saturated rings. The summed E-state index contributed by atoms with van der Waals surface area (Å²) in [5.74, 6) is 0.406. The predicted molar refractivity (Wildman–Crippen MR) is 102 cm³/mol. The zero-order valence-corrected chi connectivity index (χ0v) is 16.3. The number of anilines is 1. The minimum Gasteiger partial charge on any atom is -0.356 e. The minimum atomic E-state index is -1.57. The van der Waals surface area contributed by atoms with Crippen LogP contribution in [0.4, 0.5) is 10.2 Å². The van der Waals surface area contributed by atoms with Crippen LogP contribution >= 0.6 is 11.3 Å². The van der Waals surface area contributed by atoms with Crippen LogP contribution in [0.5, 0.6) is 0 Å². The van der Waals surface area contributed by atoms with E-state index in [9.17, 15) is 14.0 Å². The highest BCUT2D eigenvalue weighted by molar-refractivity contribution is 7.12. The van der Waals surface area contributed by atoms with E-state index in [1.54, 1.807) is 16.4 Å². The maximum absolute atomic E-state index is 13.0. The van der Waals surface area contributed by atoms with E-state index in [2.05, 4.69) is 29.0 Å². The number of hydrogen-bond donors (Lipinski definition) is 0. The molecular weight excluding hydrogens is 383 g/mol. The van der Waals surface area contributed by atoms with E-state index >= 15 is 0 Å². The standard InChI is InChI=1S/C19H21FN4O3S/c1-12-2-3-16(28-12)15-6-9-27-24(15)19(26)13-4-7-23(8-5-13)17-10-14(18(20)25)21-11-22-17/h2-3,10-11,13,15H,4-9H2,1H3/t15-/m0/s1. The highest BCUT2D eigenvalue weighted by atomic mass is 32.1. The molecule has 0 spiro atoms. The number of aromatic nitrogens is 2. The van der Waals surface area contributed by atoms with Gasteiger partial charge in [0, 0.05) is 41.2 Å². The zero-order chi connectivity index (χ0) is 19.7. The Morgan fingerprint density at radius 1 is 1.21 bits per heavy atom. The van der Waals surface area contributed by atoms with Gasteiger partial charge in [-0.05, 0) is 31.9 Å². The first kappa shape index (κ1) is 18.9. The highest BCUT2D eigenvalue weighted by Gasteiger charge is 2.37. The lowest BCUT2D eigenvalue weighted by Gasteiger charge is -2.34. The van der Waals surface area contributed by atoms with Crippen molar-refractivity contribution in [3.8, 4) is 0 Å². The molecule has 4 heterocycles. The number of hydrogen-bond acceptors (Lipinski definition) is 7. The third kappa shape index (κ3) is 3.77. The van der Waals surface area contributed by atoms with Crippen LogP contribution in [0.1, 0.15) is 45.5 Å². The fraction of sp³-hybridized carbons (Fsp3) is 0.474. The van der Waals surface area contributed by atoms with E-state index in [0.717, 1.165) is 11.3 Å². The Morgan fingerprint density at radius 3 is 2.68 bits per heavy atom. The van der Waals surface area contributed by atoms with E-state index in [4.69, 9.17) is 4.84 Å². The second-order valence-electron chi connectivity index (χ2n) is 7.05. The zero-order valence-electron chi connectivity index (χ0n) is 15.5. The largest absolute Gasteiger partial charge is 0.356 e. The van der Waals surface area contributed by atoms with Crippen molar-refractivity contribution in [3.05, 3.63) is 40.0 Å². The van der Waals surface area contributed by atoms with Crippen LogP contribution in [0.2, 0.25) is 0 Å². The van der Waals surface area contributed by atoms with Gasteiger partial charge < -0.3 is 4.90 Å². The van der Waals surface area contributed by atoms with Gasteiger partial charge in [-0.15, -0.1) is 11.3 Å². The summed E-state index contributed by atoms with van der Waals surface area (Å²) in [6.07, 6.45) is 3.30. The summed E-state index contributed by atoms with van der Waals surface area (Å²) in [4.78, 5) is 41.7. The van der Waals surface area contributed by atoms with Gasteiger partial charge in [-0.3, -0.25) is 14.4 Å². The lowest BCUT2D eigenvalue weighted by molar-refractivity contribution is -0.182. The van der Waals surface area contributed by atoms with E-state index in [1.165, 1.54) is 17.3 Å². The molecule has 0 saturated carbocycles. The van der Waals surface area contributed by atoms with Crippen LogP contribution in [0, 0.1) is 12.8 Å². The fourth-order valence-electron chi connectivity index (χ4n) is 3.74. The Balaban J connectivity index is 1.40. The average molecular weight is 404 g/mol.